The molecule has 0 unspecified atom stereocenters. The number of halogens is 2. The van der Waals surface area contributed by atoms with Crippen LogP contribution in [-0.2, 0) is 0 Å². The van der Waals surface area contributed by atoms with E-state index < -0.39 is 6.04 Å². The fourth-order valence-corrected chi connectivity index (χ4v) is 3.19. The third-order valence-electron chi connectivity index (χ3n) is 3.85. The third-order valence-corrected chi connectivity index (χ3v) is 4.52. The molecular formula is C18H14Cl2N2O2. The first-order chi connectivity index (χ1) is 11.5. The minimum Gasteiger partial charge on any atom is -0.327 e. The number of rotatable bonds is 3. The summed E-state index contributed by atoms with van der Waals surface area (Å²) in [7, 11) is 0. The van der Waals surface area contributed by atoms with Crippen molar-refractivity contribution in [3.05, 3.63) is 81.0 Å². The van der Waals surface area contributed by atoms with Gasteiger partial charge in [0, 0.05) is 21.9 Å². The van der Waals surface area contributed by atoms with Crippen LogP contribution in [0.25, 0.3) is 0 Å². The number of hydrogen-bond acceptors (Lipinski definition) is 2. The SMILES string of the molecule is CC1=C(C(=O)c2ccccc2Cl)[C@@H](c2ccccc2Cl)NC(=O)N1. The first-order valence-corrected chi connectivity index (χ1v) is 8.06. The zero-order valence-electron chi connectivity index (χ0n) is 12.8. The molecule has 1 atom stereocenters. The highest BCUT2D eigenvalue weighted by atomic mass is 35.5. The number of nitrogens with one attached hydrogen (secondary N) is 2. The number of allylic oxidation sites excluding steroid dienone is 1. The van der Waals surface area contributed by atoms with Crippen molar-refractivity contribution in [2.45, 2.75) is 13.0 Å². The molecule has 1 aliphatic rings. The molecule has 2 N–H and O–H groups in total. The molecule has 2 aromatic carbocycles. The normalized spacial score (nSPS) is 17.3. The highest BCUT2D eigenvalue weighted by Crippen LogP contribution is 2.34. The highest BCUT2D eigenvalue weighted by molar-refractivity contribution is 6.35. The summed E-state index contributed by atoms with van der Waals surface area (Å²) in [4.78, 5) is 25.0. The Labute approximate surface area is 149 Å². The summed E-state index contributed by atoms with van der Waals surface area (Å²) in [5, 5.41) is 6.24. The Morgan fingerprint density at radius 1 is 1.00 bits per heavy atom. The molecular weight excluding hydrogens is 347 g/mol. The standard InChI is InChI=1S/C18H14Cl2N2O2/c1-10-15(17(23)12-7-3-5-9-14(12)20)16(22-18(24)21-10)11-6-2-4-8-13(11)19/h2-9,16H,1H3,(H2,21,22,24)/t16-/m1/s1. The van der Waals surface area contributed by atoms with E-state index in [1.165, 1.54) is 0 Å². The predicted octanol–water partition coefficient (Wildman–Crippen LogP) is 4.50. The Bertz CT molecular complexity index is 862. The van der Waals surface area contributed by atoms with Gasteiger partial charge < -0.3 is 10.6 Å². The molecule has 0 spiro atoms. The van der Waals surface area contributed by atoms with E-state index in [-0.39, 0.29) is 11.8 Å². The van der Waals surface area contributed by atoms with Gasteiger partial charge in [-0.15, -0.1) is 0 Å². The van der Waals surface area contributed by atoms with E-state index in [4.69, 9.17) is 23.2 Å². The third kappa shape index (κ3) is 3.03. The van der Waals surface area contributed by atoms with Crippen molar-refractivity contribution in [3.63, 3.8) is 0 Å². The number of Topliss-reactive ketones (excluding diaryl/α,β-unsaturated/α-hetero) is 1. The van der Waals surface area contributed by atoms with Crippen molar-refractivity contribution >= 4 is 35.0 Å². The van der Waals surface area contributed by atoms with Gasteiger partial charge >= 0.3 is 6.03 Å². The summed E-state index contributed by atoms with van der Waals surface area (Å²) in [5.41, 5.74) is 1.93. The summed E-state index contributed by atoms with van der Waals surface area (Å²) in [5.74, 6) is -0.254. The van der Waals surface area contributed by atoms with Gasteiger partial charge in [-0.05, 0) is 30.7 Å². The Morgan fingerprint density at radius 3 is 2.29 bits per heavy atom. The fourth-order valence-electron chi connectivity index (χ4n) is 2.73. The highest BCUT2D eigenvalue weighted by Gasteiger charge is 2.33. The van der Waals surface area contributed by atoms with Gasteiger partial charge in [0.2, 0.25) is 0 Å². The largest absolute Gasteiger partial charge is 0.327 e. The van der Waals surface area contributed by atoms with Gasteiger partial charge in [0.15, 0.2) is 5.78 Å². The van der Waals surface area contributed by atoms with Crippen molar-refractivity contribution in [2.75, 3.05) is 0 Å². The van der Waals surface area contributed by atoms with Gasteiger partial charge in [-0.25, -0.2) is 4.79 Å². The average Bonchev–Trinajstić information content (AvgIpc) is 2.54. The van der Waals surface area contributed by atoms with Crippen molar-refractivity contribution in [1.82, 2.24) is 10.6 Å². The van der Waals surface area contributed by atoms with Crippen LogP contribution in [-0.4, -0.2) is 11.8 Å². The monoisotopic (exact) mass is 360 g/mol. The van der Waals surface area contributed by atoms with Gasteiger partial charge in [0.05, 0.1) is 11.1 Å². The number of urea groups is 1. The molecule has 122 valence electrons. The Balaban J connectivity index is 2.13. The molecule has 0 saturated carbocycles. The molecule has 0 aromatic heterocycles. The number of carbonyl (C=O) groups excluding carboxylic acids is 2. The van der Waals surface area contributed by atoms with Gasteiger partial charge in [0.1, 0.15) is 0 Å². The summed E-state index contributed by atoms with van der Waals surface area (Å²) in [6.07, 6.45) is 0. The molecule has 0 bridgehead atoms. The lowest BCUT2D eigenvalue weighted by Crippen LogP contribution is -2.45. The molecule has 2 aromatic rings. The molecule has 4 nitrogen and oxygen atoms in total. The van der Waals surface area contributed by atoms with Gasteiger partial charge in [-0.1, -0.05) is 53.5 Å². The summed E-state index contributed by atoms with van der Waals surface area (Å²) < 4.78 is 0. The van der Waals surface area contributed by atoms with Crippen molar-refractivity contribution in [1.29, 1.82) is 0 Å². The molecule has 1 heterocycles. The quantitative estimate of drug-likeness (QED) is 0.791. The van der Waals surface area contributed by atoms with Crippen LogP contribution in [0.1, 0.15) is 28.9 Å². The lowest BCUT2D eigenvalue weighted by molar-refractivity contribution is 0.102. The second-order valence-corrected chi connectivity index (χ2v) is 6.22. The first-order valence-electron chi connectivity index (χ1n) is 7.31. The van der Waals surface area contributed by atoms with Crippen LogP contribution in [0.15, 0.2) is 59.8 Å². The van der Waals surface area contributed by atoms with E-state index in [2.05, 4.69) is 10.6 Å². The fraction of sp³-hybridized carbons (Fsp3) is 0.111. The van der Waals surface area contributed by atoms with Crippen molar-refractivity contribution in [2.24, 2.45) is 0 Å². The summed E-state index contributed by atoms with van der Waals surface area (Å²) >= 11 is 12.4. The Morgan fingerprint density at radius 2 is 1.62 bits per heavy atom. The smallest absolute Gasteiger partial charge is 0.319 e. The molecule has 3 rings (SSSR count). The van der Waals surface area contributed by atoms with Crippen LogP contribution < -0.4 is 10.6 Å². The van der Waals surface area contributed by atoms with Crippen LogP contribution in [0.5, 0.6) is 0 Å². The number of carbonyl (C=O) groups is 2. The van der Waals surface area contributed by atoms with E-state index in [0.29, 0.717) is 32.4 Å². The maximum absolute atomic E-state index is 13.1. The van der Waals surface area contributed by atoms with Crippen LogP contribution in [0.3, 0.4) is 0 Å². The minimum atomic E-state index is -0.642. The molecule has 24 heavy (non-hydrogen) atoms. The van der Waals surface area contributed by atoms with Crippen molar-refractivity contribution < 1.29 is 9.59 Å². The molecule has 2 amide bonds. The van der Waals surface area contributed by atoms with Crippen LogP contribution in [0, 0.1) is 0 Å². The number of ketones is 1. The van der Waals surface area contributed by atoms with Gasteiger partial charge in [-0.3, -0.25) is 4.79 Å². The Hall–Kier alpha value is -2.30. The second kappa shape index (κ2) is 6.67. The number of benzene rings is 2. The van der Waals surface area contributed by atoms with Gasteiger partial charge in [0.25, 0.3) is 0 Å². The number of hydrogen-bond donors (Lipinski definition) is 2. The van der Waals surface area contributed by atoms with Crippen LogP contribution >= 0.6 is 23.2 Å². The van der Waals surface area contributed by atoms with Crippen LogP contribution in [0.4, 0.5) is 4.79 Å². The topological polar surface area (TPSA) is 58.2 Å². The zero-order valence-corrected chi connectivity index (χ0v) is 14.3. The molecule has 0 radical (unpaired) electrons. The number of amides is 2. The predicted molar refractivity (Wildman–Crippen MR) is 94.3 cm³/mol. The average molecular weight is 361 g/mol. The van der Waals surface area contributed by atoms with E-state index in [1.54, 1.807) is 49.4 Å². The molecule has 6 heteroatoms. The maximum atomic E-state index is 13.1. The molecule has 0 aliphatic carbocycles. The lowest BCUT2D eigenvalue weighted by Gasteiger charge is -2.29. The van der Waals surface area contributed by atoms with Crippen molar-refractivity contribution in [3.8, 4) is 0 Å². The van der Waals surface area contributed by atoms with E-state index in [0.717, 1.165) is 0 Å². The summed E-state index contributed by atoms with van der Waals surface area (Å²) in [6, 6.07) is 12.9. The lowest BCUT2D eigenvalue weighted by atomic mass is 9.89. The summed E-state index contributed by atoms with van der Waals surface area (Å²) in [6.45, 7) is 1.69. The van der Waals surface area contributed by atoms with Gasteiger partial charge in [-0.2, -0.15) is 0 Å². The maximum Gasteiger partial charge on any atom is 0.319 e. The molecule has 0 saturated heterocycles. The second-order valence-electron chi connectivity index (χ2n) is 5.40. The van der Waals surface area contributed by atoms with E-state index in [9.17, 15) is 9.59 Å². The minimum absolute atomic E-state index is 0.254. The van der Waals surface area contributed by atoms with Crippen LogP contribution in [0.2, 0.25) is 10.0 Å². The molecule has 0 fully saturated rings. The first kappa shape index (κ1) is 16.6. The van der Waals surface area contributed by atoms with E-state index in [1.807, 2.05) is 6.07 Å². The molecule has 1 aliphatic heterocycles. The van der Waals surface area contributed by atoms with E-state index >= 15 is 0 Å². The zero-order chi connectivity index (χ0) is 17.3. The Kier molecular flexibility index (Phi) is 4.60.